The maximum atomic E-state index is 13.0. The van der Waals surface area contributed by atoms with Crippen molar-refractivity contribution in [3.63, 3.8) is 0 Å². The van der Waals surface area contributed by atoms with E-state index in [-0.39, 0.29) is 16.5 Å². The van der Waals surface area contributed by atoms with Gasteiger partial charge in [0.05, 0.1) is 17.7 Å². The van der Waals surface area contributed by atoms with Crippen LogP contribution in [0.4, 0.5) is 0 Å². The maximum Gasteiger partial charge on any atom is 0.286 e. The van der Waals surface area contributed by atoms with E-state index < -0.39 is 18.3 Å². The van der Waals surface area contributed by atoms with Crippen LogP contribution in [0, 0.1) is 6.92 Å². The molecule has 27 heavy (non-hydrogen) atoms. The highest BCUT2D eigenvalue weighted by molar-refractivity contribution is 7.89. The van der Waals surface area contributed by atoms with Crippen LogP contribution in [0.5, 0.6) is 0 Å². The molecular formula is C20H34N2O3SSi. The number of allylic oxidation sites excluding steroid dienone is 1. The number of sulfonamides is 1. The summed E-state index contributed by atoms with van der Waals surface area (Å²) in [6.07, 6.45) is 3.44. The molecule has 0 radical (unpaired) electrons. The molecule has 0 fully saturated rings. The zero-order valence-electron chi connectivity index (χ0n) is 17.9. The number of hydrogen-bond donors (Lipinski definition) is 0. The van der Waals surface area contributed by atoms with Gasteiger partial charge in [-0.25, -0.2) is 8.42 Å². The minimum atomic E-state index is -3.60. The van der Waals surface area contributed by atoms with Crippen molar-refractivity contribution in [3.05, 3.63) is 41.5 Å². The summed E-state index contributed by atoms with van der Waals surface area (Å²) in [7, 11) is -5.61. The van der Waals surface area contributed by atoms with Gasteiger partial charge in [0, 0.05) is 6.54 Å². The van der Waals surface area contributed by atoms with Gasteiger partial charge in [0.15, 0.2) is 0 Å². The predicted octanol–water partition coefficient (Wildman–Crippen LogP) is 4.96. The topological polar surface area (TPSA) is 59.0 Å². The van der Waals surface area contributed by atoms with Gasteiger partial charge in [0.1, 0.15) is 0 Å². The summed E-state index contributed by atoms with van der Waals surface area (Å²) in [4.78, 5) is 0.286. The van der Waals surface area contributed by atoms with Crippen LogP contribution in [-0.4, -0.2) is 40.3 Å². The Kier molecular flexibility index (Phi) is 8.01. The Labute approximate surface area is 166 Å². The van der Waals surface area contributed by atoms with Crippen molar-refractivity contribution in [1.29, 1.82) is 0 Å². The fourth-order valence-corrected chi connectivity index (χ4v) is 3.77. The van der Waals surface area contributed by atoms with E-state index in [0.29, 0.717) is 6.54 Å². The molecule has 0 bridgehead atoms. The molecule has 0 heterocycles. The van der Waals surface area contributed by atoms with Crippen molar-refractivity contribution < 1.29 is 12.9 Å². The van der Waals surface area contributed by atoms with E-state index in [1.807, 2.05) is 26.8 Å². The molecule has 0 atom stereocenters. The van der Waals surface area contributed by atoms with Crippen LogP contribution in [0.25, 0.3) is 0 Å². The van der Waals surface area contributed by atoms with E-state index >= 15 is 0 Å². The molecule has 0 saturated heterocycles. The molecule has 0 aromatic heterocycles. The fraction of sp³-hybridized carbons (Fsp3) is 0.550. The second kappa shape index (κ2) is 9.17. The van der Waals surface area contributed by atoms with Crippen LogP contribution in [0.3, 0.4) is 0 Å². The first-order chi connectivity index (χ1) is 12.3. The standard InChI is InChI=1S/C20H34N2O3SSi/c1-17(2)13-15-22(16-14-21-25-27(7,8)20(4,5)6)26(23,24)19-11-9-18(3)10-12-19/h9-14H,15-16H2,1-8H3/b21-14+. The maximum absolute atomic E-state index is 13.0. The lowest BCUT2D eigenvalue weighted by Gasteiger charge is -2.33. The first kappa shape index (κ1) is 23.6. The van der Waals surface area contributed by atoms with Gasteiger partial charge in [0.2, 0.25) is 10.0 Å². The third-order valence-electron chi connectivity index (χ3n) is 4.81. The van der Waals surface area contributed by atoms with Gasteiger partial charge < -0.3 is 4.53 Å². The highest BCUT2D eigenvalue weighted by atomic mass is 32.2. The molecule has 5 nitrogen and oxygen atoms in total. The molecule has 1 aromatic carbocycles. The summed E-state index contributed by atoms with van der Waals surface area (Å²) in [5.74, 6) is 0. The largest absolute Gasteiger partial charge is 0.455 e. The fourth-order valence-electron chi connectivity index (χ4n) is 1.84. The first-order valence-electron chi connectivity index (χ1n) is 9.17. The average Bonchev–Trinajstić information content (AvgIpc) is 2.52. The lowest BCUT2D eigenvalue weighted by Crippen LogP contribution is -2.39. The second-order valence-electron chi connectivity index (χ2n) is 8.56. The van der Waals surface area contributed by atoms with Crippen molar-refractivity contribution in [3.8, 4) is 0 Å². The van der Waals surface area contributed by atoms with Crippen LogP contribution in [0.2, 0.25) is 18.1 Å². The Morgan fingerprint density at radius 3 is 2.19 bits per heavy atom. The van der Waals surface area contributed by atoms with E-state index in [1.165, 1.54) is 4.31 Å². The van der Waals surface area contributed by atoms with Crippen LogP contribution in [0.15, 0.2) is 46.0 Å². The smallest absolute Gasteiger partial charge is 0.286 e. The van der Waals surface area contributed by atoms with Crippen molar-refractivity contribution in [1.82, 2.24) is 4.31 Å². The van der Waals surface area contributed by atoms with Gasteiger partial charge in [-0.1, -0.05) is 50.1 Å². The lowest BCUT2D eigenvalue weighted by atomic mass is 10.2. The molecule has 0 amide bonds. The van der Waals surface area contributed by atoms with Gasteiger partial charge in [-0.2, -0.15) is 4.31 Å². The van der Waals surface area contributed by atoms with Crippen molar-refractivity contribution in [2.45, 2.75) is 64.6 Å². The number of aryl methyl sites for hydroxylation is 1. The highest BCUT2D eigenvalue weighted by Gasteiger charge is 2.39. The molecular weight excluding hydrogens is 376 g/mol. The molecule has 0 spiro atoms. The Hall–Kier alpha value is -1.44. The van der Waals surface area contributed by atoms with Crippen molar-refractivity contribution in [2.24, 2.45) is 5.16 Å². The summed E-state index contributed by atoms with van der Waals surface area (Å²) < 4.78 is 33.2. The van der Waals surface area contributed by atoms with Crippen molar-refractivity contribution >= 4 is 24.6 Å². The molecule has 0 aliphatic carbocycles. The number of rotatable bonds is 8. The number of benzene rings is 1. The third-order valence-corrected chi connectivity index (χ3v) is 10.8. The summed E-state index contributed by atoms with van der Waals surface area (Å²) in [5, 5.41) is 4.15. The molecule has 0 aliphatic heterocycles. The number of hydrogen-bond acceptors (Lipinski definition) is 4. The van der Waals surface area contributed by atoms with Crippen LogP contribution < -0.4 is 0 Å². The minimum absolute atomic E-state index is 0.0417. The summed E-state index contributed by atoms with van der Waals surface area (Å²) in [6, 6.07) is 6.90. The summed E-state index contributed by atoms with van der Waals surface area (Å²) in [5.41, 5.74) is 2.09. The van der Waals surface area contributed by atoms with E-state index in [0.717, 1.165) is 11.1 Å². The predicted molar refractivity (Wildman–Crippen MR) is 116 cm³/mol. The monoisotopic (exact) mass is 410 g/mol. The normalized spacial score (nSPS) is 13.2. The quantitative estimate of drug-likeness (QED) is 0.263. The van der Waals surface area contributed by atoms with Gasteiger partial charge in [-0.15, -0.1) is 5.16 Å². The molecule has 0 aliphatic rings. The lowest BCUT2D eigenvalue weighted by molar-refractivity contribution is 0.308. The van der Waals surface area contributed by atoms with Gasteiger partial charge in [-0.3, -0.25) is 0 Å². The number of oxime groups is 1. The Bertz CT molecular complexity index is 772. The second-order valence-corrected chi connectivity index (χ2v) is 15.2. The number of nitrogens with zero attached hydrogens (tertiary/aromatic N) is 2. The Morgan fingerprint density at radius 1 is 1.15 bits per heavy atom. The average molecular weight is 411 g/mol. The van der Waals surface area contributed by atoms with E-state index in [2.05, 4.69) is 39.0 Å². The van der Waals surface area contributed by atoms with E-state index in [9.17, 15) is 8.42 Å². The molecule has 152 valence electrons. The van der Waals surface area contributed by atoms with Crippen molar-refractivity contribution in [2.75, 3.05) is 13.1 Å². The minimum Gasteiger partial charge on any atom is -0.455 e. The van der Waals surface area contributed by atoms with Crippen LogP contribution in [-0.2, 0) is 14.6 Å². The molecule has 0 N–H and O–H groups in total. The van der Waals surface area contributed by atoms with E-state index in [4.69, 9.17) is 4.53 Å². The molecule has 7 heteroatoms. The van der Waals surface area contributed by atoms with Crippen LogP contribution >= 0.6 is 0 Å². The zero-order chi connectivity index (χ0) is 20.9. The molecule has 1 aromatic rings. The van der Waals surface area contributed by atoms with Gasteiger partial charge in [-0.05, 0) is 51.0 Å². The SMILES string of the molecule is CC(C)=CCN(C/C=N/O[Si](C)(C)C(C)(C)C)S(=O)(=O)c1ccc(C)cc1. The molecule has 0 saturated carbocycles. The molecule has 0 unspecified atom stereocenters. The van der Waals surface area contributed by atoms with Crippen LogP contribution in [0.1, 0.15) is 40.2 Å². The molecule has 1 rings (SSSR count). The Morgan fingerprint density at radius 2 is 1.70 bits per heavy atom. The summed E-state index contributed by atoms with van der Waals surface area (Å²) in [6.45, 7) is 16.9. The Balaban J connectivity index is 3.00. The van der Waals surface area contributed by atoms with Gasteiger partial charge in [0.25, 0.3) is 8.32 Å². The summed E-state index contributed by atoms with van der Waals surface area (Å²) >= 11 is 0. The third kappa shape index (κ3) is 6.90. The highest BCUT2D eigenvalue weighted by Crippen LogP contribution is 2.36. The first-order valence-corrected chi connectivity index (χ1v) is 13.5. The van der Waals surface area contributed by atoms with Gasteiger partial charge >= 0.3 is 0 Å². The zero-order valence-corrected chi connectivity index (χ0v) is 19.7. The van der Waals surface area contributed by atoms with E-state index in [1.54, 1.807) is 30.5 Å².